The van der Waals surface area contributed by atoms with Crippen LogP contribution in [-0.4, -0.2) is 28.0 Å². The molecule has 0 unspecified atom stereocenters. The zero-order valence-corrected chi connectivity index (χ0v) is 17.6. The van der Waals surface area contributed by atoms with Gasteiger partial charge in [0, 0.05) is 30.0 Å². The summed E-state index contributed by atoms with van der Waals surface area (Å²) >= 11 is 5.81. The normalized spacial score (nSPS) is 10.5. The minimum atomic E-state index is -0.197. The minimum Gasteiger partial charge on any atom is -0.382 e. The Hall–Kier alpha value is -3.63. The maximum absolute atomic E-state index is 12.1. The third-order valence-electron chi connectivity index (χ3n) is 4.76. The number of nitrogens with one attached hydrogen (secondary N) is 1. The fourth-order valence-corrected chi connectivity index (χ4v) is 3.25. The van der Waals surface area contributed by atoms with Crippen molar-refractivity contribution in [2.24, 2.45) is 0 Å². The fraction of sp³-hybridized carbons (Fsp3) is 0.217. The van der Waals surface area contributed by atoms with Gasteiger partial charge in [0.15, 0.2) is 5.78 Å². The number of carbonyl (C=O) groups excluding carboxylic acids is 2. The van der Waals surface area contributed by atoms with Crippen molar-refractivity contribution < 1.29 is 9.59 Å². The number of aromatic nitrogens is 2. The average Bonchev–Trinajstić information content (AvgIpc) is 3.11. The van der Waals surface area contributed by atoms with Crippen molar-refractivity contribution in [1.29, 1.82) is 5.26 Å². The van der Waals surface area contributed by atoms with Gasteiger partial charge in [-0.3, -0.25) is 9.59 Å². The Morgan fingerprint density at radius 1 is 1.10 bits per heavy atom. The summed E-state index contributed by atoms with van der Waals surface area (Å²) in [4.78, 5) is 24.2. The van der Waals surface area contributed by atoms with Gasteiger partial charge >= 0.3 is 0 Å². The molecule has 2 aromatic carbocycles. The van der Waals surface area contributed by atoms with Crippen LogP contribution in [0.25, 0.3) is 5.69 Å². The first-order valence-corrected chi connectivity index (χ1v) is 10.3. The molecule has 158 valence electrons. The van der Waals surface area contributed by atoms with E-state index in [1.165, 1.54) is 0 Å². The van der Waals surface area contributed by atoms with E-state index in [4.69, 9.17) is 17.3 Å². The molecule has 0 aliphatic carbocycles. The lowest BCUT2D eigenvalue weighted by Crippen LogP contribution is -2.25. The predicted octanol–water partition coefficient (Wildman–Crippen LogP) is 3.69. The Bertz CT molecular complexity index is 1100. The number of hydrogen-bond acceptors (Lipinski definition) is 5. The number of rotatable bonds is 9. The van der Waals surface area contributed by atoms with Crippen molar-refractivity contribution in [3.8, 4) is 11.8 Å². The Balaban J connectivity index is 1.47. The van der Waals surface area contributed by atoms with Crippen LogP contribution >= 0.6 is 11.6 Å². The molecule has 0 radical (unpaired) electrons. The largest absolute Gasteiger partial charge is 0.382 e. The quantitative estimate of drug-likeness (QED) is 0.393. The molecule has 1 heterocycles. The number of aryl methyl sites for hydroxylation is 1. The summed E-state index contributed by atoms with van der Waals surface area (Å²) in [5, 5.41) is 17.3. The number of halogens is 1. The van der Waals surface area contributed by atoms with Gasteiger partial charge in [-0.15, -0.1) is 0 Å². The third kappa shape index (κ3) is 5.71. The lowest BCUT2D eigenvalue weighted by atomic mass is 10.1. The van der Waals surface area contributed by atoms with Gasteiger partial charge in [-0.1, -0.05) is 29.8 Å². The number of nitrogens with two attached hydrogens (primary N) is 1. The molecule has 1 amide bonds. The second-order valence-electron chi connectivity index (χ2n) is 6.95. The number of ketones is 1. The van der Waals surface area contributed by atoms with Crippen LogP contribution in [0.2, 0.25) is 5.02 Å². The Labute approximate surface area is 185 Å². The minimum absolute atomic E-state index is 0.104. The molecule has 1 aromatic heterocycles. The summed E-state index contributed by atoms with van der Waals surface area (Å²) in [6, 6.07) is 18.1. The van der Waals surface area contributed by atoms with Crippen LogP contribution in [0.5, 0.6) is 0 Å². The SMILES string of the molecule is N#Cc1c(CCCNC(=O)CCC(=O)c2ccc(Cl)cc2)nn(-c2ccccc2)c1N. The Morgan fingerprint density at radius 2 is 1.81 bits per heavy atom. The molecule has 31 heavy (non-hydrogen) atoms. The van der Waals surface area contributed by atoms with Crippen LogP contribution in [0.4, 0.5) is 5.82 Å². The number of nitriles is 1. The van der Waals surface area contributed by atoms with E-state index in [9.17, 15) is 14.9 Å². The topological polar surface area (TPSA) is 114 Å². The highest BCUT2D eigenvalue weighted by atomic mass is 35.5. The van der Waals surface area contributed by atoms with E-state index in [-0.39, 0.29) is 24.5 Å². The highest BCUT2D eigenvalue weighted by Gasteiger charge is 2.16. The summed E-state index contributed by atoms with van der Waals surface area (Å²) in [5.41, 5.74) is 8.35. The van der Waals surface area contributed by atoms with Gasteiger partial charge in [0.05, 0.1) is 11.4 Å². The summed E-state index contributed by atoms with van der Waals surface area (Å²) in [7, 11) is 0. The number of hydrogen-bond donors (Lipinski definition) is 2. The lowest BCUT2D eigenvalue weighted by molar-refractivity contribution is -0.121. The van der Waals surface area contributed by atoms with Gasteiger partial charge in [0.25, 0.3) is 0 Å². The van der Waals surface area contributed by atoms with Crippen molar-refractivity contribution >= 4 is 29.1 Å². The van der Waals surface area contributed by atoms with Crippen LogP contribution in [0, 0.1) is 11.3 Å². The number of nitrogens with zero attached hydrogens (tertiary/aromatic N) is 3. The van der Waals surface area contributed by atoms with Crippen LogP contribution in [0.3, 0.4) is 0 Å². The van der Waals surface area contributed by atoms with Crippen molar-refractivity contribution in [3.05, 3.63) is 76.4 Å². The molecule has 0 atom stereocenters. The second-order valence-corrected chi connectivity index (χ2v) is 7.39. The van der Waals surface area contributed by atoms with Crippen LogP contribution in [0.1, 0.15) is 40.9 Å². The Kier molecular flexibility index (Phi) is 7.41. The molecule has 7 nitrogen and oxygen atoms in total. The zero-order valence-electron chi connectivity index (χ0n) is 16.8. The number of nitrogen functional groups attached to an aromatic ring is 1. The first-order chi connectivity index (χ1) is 15.0. The molecule has 0 saturated heterocycles. The third-order valence-corrected chi connectivity index (χ3v) is 5.02. The number of benzene rings is 2. The smallest absolute Gasteiger partial charge is 0.220 e. The van der Waals surface area contributed by atoms with Crippen LogP contribution in [0.15, 0.2) is 54.6 Å². The maximum atomic E-state index is 12.1. The molecule has 0 aliphatic rings. The van der Waals surface area contributed by atoms with Gasteiger partial charge in [-0.05, 0) is 49.2 Å². The maximum Gasteiger partial charge on any atom is 0.220 e. The summed E-state index contributed by atoms with van der Waals surface area (Å²) in [6.07, 6.45) is 1.33. The molecular weight excluding hydrogens is 414 g/mol. The van der Waals surface area contributed by atoms with E-state index >= 15 is 0 Å². The van der Waals surface area contributed by atoms with Gasteiger partial charge in [-0.2, -0.15) is 10.4 Å². The van der Waals surface area contributed by atoms with E-state index < -0.39 is 0 Å². The molecular formula is C23H22ClN5O2. The molecule has 8 heteroatoms. The highest BCUT2D eigenvalue weighted by molar-refractivity contribution is 6.30. The molecule has 3 N–H and O–H groups in total. The summed E-state index contributed by atoms with van der Waals surface area (Å²) in [6.45, 7) is 0.414. The number of para-hydroxylation sites is 1. The molecule has 3 aromatic rings. The first-order valence-electron chi connectivity index (χ1n) is 9.88. The molecule has 0 bridgehead atoms. The van der Waals surface area contributed by atoms with Gasteiger partial charge in [0.1, 0.15) is 17.5 Å². The van der Waals surface area contributed by atoms with Crippen molar-refractivity contribution in [3.63, 3.8) is 0 Å². The summed E-state index contributed by atoms with van der Waals surface area (Å²) in [5.74, 6) is -0.00185. The monoisotopic (exact) mass is 435 g/mol. The Morgan fingerprint density at radius 3 is 2.48 bits per heavy atom. The van der Waals surface area contributed by atoms with E-state index in [0.717, 1.165) is 5.69 Å². The van der Waals surface area contributed by atoms with Gasteiger partial charge < -0.3 is 11.1 Å². The standard InChI is InChI=1S/C23H22ClN5O2/c24-17-10-8-16(9-11-17)21(30)12-13-22(31)27-14-4-7-20-19(15-25)23(26)29(28-20)18-5-2-1-3-6-18/h1-3,5-6,8-11H,4,7,12-14,26H2,(H,27,31). The van der Waals surface area contributed by atoms with E-state index in [2.05, 4.69) is 16.5 Å². The molecule has 0 spiro atoms. The van der Waals surface area contributed by atoms with Crippen LogP contribution in [-0.2, 0) is 11.2 Å². The zero-order chi connectivity index (χ0) is 22.2. The molecule has 0 saturated carbocycles. The van der Waals surface area contributed by atoms with Crippen molar-refractivity contribution in [2.75, 3.05) is 12.3 Å². The van der Waals surface area contributed by atoms with E-state index in [1.54, 1.807) is 28.9 Å². The van der Waals surface area contributed by atoms with E-state index in [1.807, 2.05) is 30.3 Å². The predicted molar refractivity (Wildman–Crippen MR) is 119 cm³/mol. The van der Waals surface area contributed by atoms with Crippen LogP contribution < -0.4 is 11.1 Å². The number of amides is 1. The number of carbonyl (C=O) groups is 2. The number of anilines is 1. The first kappa shape index (κ1) is 22.1. The molecule has 0 fully saturated rings. The molecule has 0 aliphatic heterocycles. The summed E-state index contributed by atoms with van der Waals surface area (Å²) < 4.78 is 1.55. The molecule has 3 rings (SSSR count). The van der Waals surface area contributed by atoms with Gasteiger partial charge in [0.2, 0.25) is 5.91 Å². The van der Waals surface area contributed by atoms with E-state index in [0.29, 0.717) is 47.0 Å². The fourth-order valence-electron chi connectivity index (χ4n) is 3.12. The lowest BCUT2D eigenvalue weighted by Gasteiger charge is -2.05. The number of Topliss-reactive ketones (excluding diaryl/α,β-unsaturated/α-hetero) is 1. The van der Waals surface area contributed by atoms with Crippen molar-refractivity contribution in [1.82, 2.24) is 15.1 Å². The van der Waals surface area contributed by atoms with Gasteiger partial charge in [-0.25, -0.2) is 4.68 Å². The van der Waals surface area contributed by atoms with Crippen molar-refractivity contribution in [2.45, 2.75) is 25.7 Å². The average molecular weight is 436 g/mol. The highest BCUT2D eigenvalue weighted by Crippen LogP contribution is 2.21. The second kappa shape index (κ2) is 10.4.